The van der Waals surface area contributed by atoms with Gasteiger partial charge in [0.2, 0.25) is 0 Å². The van der Waals surface area contributed by atoms with Crippen molar-refractivity contribution in [2.45, 2.75) is 12.8 Å². The number of pyridine rings is 1. The molecule has 1 nitrogen and oxygen atoms in total. The molecule has 1 heteroatoms. The fourth-order valence-electron chi connectivity index (χ4n) is 7.24. The molecule has 2 atom stereocenters. The highest BCUT2D eigenvalue weighted by Crippen LogP contribution is 2.44. The predicted octanol–water partition coefficient (Wildman–Crippen LogP) is 8.43. The first-order valence-corrected chi connectivity index (χ1v) is 14.9. The van der Waals surface area contributed by atoms with Gasteiger partial charge in [-0.15, -0.1) is 0 Å². The fraction of sp³-hybridized carbons (Fsp3) is 0.0976. The molecular formula is C41H31N. The van der Waals surface area contributed by atoms with Crippen LogP contribution in [0.3, 0.4) is 0 Å². The molecule has 0 aliphatic heterocycles. The molecule has 0 N–H and O–H groups in total. The van der Waals surface area contributed by atoms with Gasteiger partial charge >= 0.3 is 0 Å². The lowest BCUT2D eigenvalue weighted by molar-refractivity contribution is 0.680. The van der Waals surface area contributed by atoms with Crippen LogP contribution in [-0.2, 0) is 0 Å². The van der Waals surface area contributed by atoms with Gasteiger partial charge in [0.15, 0.2) is 0 Å². The third-order valence-corrected chi connectivity index (χ3v) is 9.14. The SMILES string of the molecule is C1=CC2C(C3=CC=C(c4cccnc4)CC3)=c3ccccc3=C(c3ccc(-c4ccccc4)c4ccccc34)C2C=C1. The molecule has 0 radical (unpaired) electrons. The number of hydrogen-bond donors (Lipinski definition) is 0. The third-order valence-electron chi connectivity index (χ3n) is 9.14. The lowest BCUT2D eigenvalue weighted by atomic mass is 9.68. The van der Waals surface area contributed by atoms with Crippen LogP contribution in [0.2, 0.25) is 0 Å². The van der Waals surface area contributed by atoms with E-state index in [1.165, 1.54) is 65.8 Å². The van der Waals surface area contributed by atoms with Gasteiger partial charge in [0.05, 0.1) is 0 Å². The summed E-state index contributed by atoms with van der Waals surface area (Å²) in [6, 6.07) is 37.7. The minimum Gasteiger partial charge on any atom is -0.264 e. The predicted molar refractivity (Wildman–Crippen MR) is 176 cm³/mol. The van der Waals surface area contributed by atoms with Gasteiger partial charge in [-0.25, -0.2) is 0 Å². The maximum atomic E-state index is 4.35. The molecule has 0 spiro atoms. The van der Waals surface area contributed by atoms with E-state index in [1.807, 2.05) is 18.5 Å². The van der Waals surface area contributed by atoms with Gasteiger partial charge in [-0.3, -0.25) is 4.98 Å². The lowest BCUT2D eigenvalue weighted by Gasteiger charge is -2.35. The Labute approximate surface area is 246 Å². The highest BCUT2D eigenvalue weighted by molar-refractivity contribution is 6.03. The van der Waals surface area contributed by atoms with E-state index in [1.54, 1.807) is 0 Å². The Hall–Kier alpha value is -5.01. The van der Waals surface area contributed by atoms with E-state index in [9.17, 15) is 0 Å². The molecule has 0 bridgehead atoms. The van der Waals surface area contributed by atoms with Crippen LogP contribution in [0.15, 0.2) is 158 Å². The van der Waals surface area contributed by atoms with Gasteiger partial charge in [-0.2, -0.15) is 0 Å². The molecule has 42 heavy (non-hydrogen) atoms. The summed E-state index contributed by atoms with van der Waals surface area (Å²) in [7, 11) is 0. The van der Waals surface area contributed by atoms with E-state index in [2.05, 4.69) is 139 Å². The van der Waals surface area contributed by atoms with E-state index in [-0.39, 0.29) is 5.92 Å². The van der Waals surface area contributed by atoms with E-state index < -0.39 is 0 Å². The number of nitrogens with zero attached hydrogens (tertiary/aromatic N) is 1. The van der Waals surface area contributed by atoms with E-state index >= 15 is 0 Å². The summed E-state index contributed by atoms with van der Waals surface area (Å²) in [4.78, 5) is 4.35. The number of aromatic nitrogens is 1. The topological polar surface area (TPSA) is 12.9 Å². The van der Waals surface area contributed by atoms with Crippen molar-refractivity contribution in [2.24, 2.45) is 11.8 Å². The molecule has 3 aliphatic carbocycles. The maximum absolute atomic E-state index is 4.35. The van der Waals surface area contributed by atoms with Crippen molar-refractivity contribution in [3.8, 4) is 11.1 Å². The molecule has 2 unspecified atom stereocenters. The first kappa shape index (κ1) is 24.8. The highest BCUT2D eigenvalue weighted by Gasteiger charge is 2.33. The van der Waals surface area contributed by atoms with Gasteiger partial charge < -0.3 is 0 Å². The van der Waals surface area contributed by atoms with Crippen LogP contribution in [-0.4, -0.2) is 4.98 Å². The average Bonchev–Trinajstić information content (AvgIpc) is 3.08. The van der Waals surface area contributed by atoms with Gasteiger partial charge in [0.1, 0.15) is 0 Å². The molecule has 200 valence electrons. The number of fused-ring (bicyclic) bond motifs is 3. The Bertz CT molecular complexity index is 2070. The molecule has 0 fully saturated rings. The van der Waals surface area contributed by atoms with Gasteiger partial charge in [0, 0.05) is 24.2 Å². The van der Waals surface area contributed by atoms with Crippen molar-refractivity contribution >= 4 is 27.5 Å². The maximum Gasteiger partial charge on any atom is 0.0343 e. The van der Waals surface area contributed by atoms with Crippen LogP contribution in [0.25, 0.3) is 38.6 Å². The number of hydrogen-bond acceptors (Lipinski definition) is 1. The third kappa shape index (κ3) is 4.13. The van der Waals surface area contributed by atoms with Crippen LogP contribution in [0.4, 0.5) is 0 Å². The Morgan fingerprint density at radius 1 is 0.500 bits per heavy atom. The zero-order valence-corrected chi connectivity index (χ0v) is 23.4. The zero-order chi connectivity index (χ0) is 27.9. The van der Waals surface area contributed by atoms with Crippen LogP contribution >= 0.6 is 0 Å². The minimum atomic E-state index is 0.274. The molecule has 1 heterocycles. The standard InChI is InChI=1S/C41H31N/c1-2-11-29(12-3-1)32-24-25-39(34-15-5-4-14-33(32)34)41-37-18-8-6-16-35(37)40(36-17-7-9-19-38(36)41)30-22-20-28(21-23-30)31-13-10-26-42-27-31/h1-20,22,24-27,35,37H,21,23H2. The van der Waals surface area contributed by atoms with Crippen LogP contribution in [0.5, 0.6) is 0 Å². The Morgan fingerprint density at radius 3 is 1.81 bits per heavy atom. The highest BCUT2D eigenvalue weighted by atomic mass is 14.6. The number of benzene rings is 4. The van der Waals surface area contributed by atoms with E-state index in [4.69, 9.17) is 0 Å². The van der Waals surface area contributed by atoms with Gasteiger partial charge in [0.25, 0.3) is 0 Å². The molecule has 4 aromatic carbocycles. The lowest BCUT2D eigenvalue weighted by Crippen LogP contribution is -2.40. The summed E-state index contributed by atoms with van der Waals surface area (Å²) in [5.41, 5.74) is 10.8. The first-order chi connectivity index (χ1) is 20.9. The largest absolute Gasteiger partial charge is 0.264 e. The van der Waals surface area contributed by atoms with Crippen LogP contribution < -0.4 is 10.4 Å². The smallest absolute Gasteiger partial charge is 0.0343 e. The minimum absolute atomic E-state index is 0.274. The second kappa shape index (κ2) is 10.4. The second-order valence-corrected chi connectivity index (χ2v) is 11.4. The summed E-state index contributed by atoms with van der Waals surface area (Å²) in [5, 5.41) is 5.34. The molecule has 1 aromatic heterocycles. The molecule has 0 saturated heterocycles. The summed E-state index contributed by atoms with van der Waals surface area (Å²) in [6.45, 7) is 0. The molecule has 3 aliphatic rings. The molecular weight excluding hydrogens is 506 g/mol. The van der Waals surface area contributed by atoms with Crippen molar-refractivity contribution in [3.05, 3.63) is 179 Å². The average molecular weight is 538 g/mol. The van der Waals surface area contributed by atoms with E-state index in [0.717, 1.165) is 12.8 Å². The Balaban J connectivity index is 1.38. The molecule has 8 rings (SSSR count). The van der Waals surface area contributed by atoms with Crippen LogP contribution in [0, 0.1) is 11.8 Å². The Kier molecular flexibility index (Phi) is 6.15. The zero-order valence-electron chi connectivity index (χ0n) is 23.4. The normalized spacial score (nSPS) is 19.2. The van der Waals surface area contributed by atoms with Crippen molar-refractivity contribution in [1.82, 2.24) is 4.98 Å². The Morgan fingerprint density at radius 2 is 1.10 bits per heavy atom. The summed E-state index contributed by atoms with van der Waals surface area (Å²) >= 11 is 0. The van der Waals surface area contributed by atoms with Crippen molar-refractivity contribution in [1.29, 1.82) is 0 Å². The monoisotopic (exact) mass is 537 g/mol. The van der Waals surface area contributed by atoms with E-state index in [0.29, 0.717) is 5.92 Å². The molecule has 0 saturated carbocycles. The van der Waals surface area contributed by atoms with Crippen molar-refractivity contribution in [2.75, 3.05) is 0 Å². The number of rotatable bonds is 4. The molecule has 0 amide bonds. The summed E-state index contributed by atoms with van der Waals surface area (Å²) in [5.74, 6) is 0.572. The quantitative estimate of drug-likeness (QED) is 0.224. The van der Waals surface area contributed by atoms with Gasteiger partial charge in [-0.05, 0) is 84.7 Å². The first-order valence-electron chi connectivity index (χ1n) is 14.9. The van der Waals surface area contributed by atoms with Crippen LogP contribution in [0.1, 0.15) is 24.0 Å². The number of allylic oxidation sites excluding steroid dienone is 8. The summed E-state index contributed by atoms with van der Waals surface area (Å²) in [6.07, 6.45) is 19.9. The van der Waals surface area contributed by atoms with Crippen molar-refractivity contribution < 1.29 is 0 Å². The molecule has 5 aromatic rings. The van der Waals surface area contributed by atoms with Crippen molar-refractivity contribution in [3.63, 3.8) is 0 Å². The second-order valence-electron chi connectivity index (χ2n) is 11.4. The van der Waals surface area contributed by atoms with Gasteiger partial charge in [-0.1, -0.05) is 134 Å². The summed E-state index contributed by atoms with van der Waals surface area (Å²) < 4.78 is 0. The fourth-order valence-corrected chi connectivity index (χ4v) is 7.24.